The van der Waals surface area contributed by atoms with E-state index in [9.17, 15) is 8.42 Å². The lowest BCUT2D eigenvalue weighted by atomic mass is 10.1. The number of benzene rings is 1. The second kappa shape index (κ2) is 6.56. The molecule has 0 amide bonds. The molecule has 4 nitrogen and oxygen atoms in total. The summed E-state index contributed by atoms with van der Waals surface area (Å²) in [5, 5.41) is 3.38. The lowest BCUT2D eigenvalue weighted by Gasteiger charge is -2.28. The largest absolute Gasteiger partial charge is 0.313 e. The predicted octanol–water partition coefficient (Wildman–Crippen LogP) is 2.52. The maximum Gasteiger partial charge on any atom is 0.243 e. The first-order valence-electron chi connectivity index (χ1n) is 6.87. The molecule has 1 aliphatic rings. The molecule has 1 aromatic rings. The van der Waals surface area contributed by atoms with Gasteiger partial charge in [0.2, 0.25) is 10.0 Å². The molecule has 112 valence electrons. The lowest BCUT2D eigenvalue weighted by molar-refractivity contribution is 0.337. The first-order chi connectivity index (χ1) is 9.41. The molecule has 1 unspecified atom stereocenters. The number of hydrogen-bond donors (Lipinski definition) is 1. The number of halogens is 1. The Morgan fingerprint density at radius 3 is 2.80 bits per heavy atom. The smallest absolute Gasteiger partial charge is 0.243 e. The number of hydrogen-bond acceptors (Lipinski definition) is 3. The topological polar surface area (TPSA) is 49.4 Å². The van der Waals surface area contributed by atoms with Crippen LogP contribution in [0.3, 0.4) is 0 Å². The van der Waals surface area contributed by atoms with Crippen LogP contribution in [0.2, 0.25) is 0 Å². The minimum atomic E-state index is -3.43. The second-order valence-electron chi connectivity index (χ2n) is 5.34. The van der Waals surface area contributed by atoms with Gasteiger partial charge < -0.3 is 5.32 Å². The third-order valence-electron chi connectivity index (χ3n) is 3.73. The summed E-state index contributed by atoms with van der Waals surface area (Å²) in [7, 11) is -1.77. The highest BCUT2D eigenvalue weighted by Gasteiger charge is 2.26. The zero-order valence-corrected chi connectivity index (χ0v) is 14.3. The van der Waals surface area contributed by atoms with Crippen molar-refractivity contribution < 1.29 is 8.42 Å². The van der Waals surface area contributed by atoms with Crippen LogP contribution in [-0.2, 0) is 10.0 Å². The van der Waals surface area contributed by atoms with Crippen LogP contribution in [0.1, 0.15) is 24.8 Å². The predicted molar refractivity (Wildman–Crippen MR) is 84.3 cm³/mol. The van der Waals surface area contributed by atoms with Gasteiger partial charge in [0.1, 0.15) is 0 Å². The highest BCUT2D eigenvalue weighted by atomic mass is 79.9. The Bertz CT molecular complexity index is 569. The normalized spacial score (nSPS) is 20.3. The van der Waals surface area contributed by atoms with Crippen LogP contribution in [-0.4, -0.2) is 38.9 Å². The summed E-state index contributed by atoms with van der Waals surface area (Å²) >= 11 is 3.34. The molecule has 0 radical (unpaired) electrons. The van der Waals surface area contributed by atoms with Gasteiger partial charge in [-0.15, -0.1) is 0 Å². The third kappa shape index (κ3) is 3.61. The van der Waals surface area contributed by atoms with Gasteiger partial charge in [-0.1, -0.05) is 28.4 Å². The molecule has 2 rings (SSSR count). The molecule has 1 aliphatic heterocycles. The van der Waals surface area contributed by atoms with Crippen LogP contribution in [0.4, 0.5) is 0 Å². The van der Waals surface area contributed by atoms with Crippen LogP contribution >= 0.6 is 15.9 Å². The standard InChI is InChI=1S/C14H21BrN2O2S/c1-11-6-7-12(15)9-14(11)20(18,19)17(2)10-13-5-3-4-8-16-13/h6-7,9,13,16H,3-5,8,10H2,1-2H3. The summed E-state index contributed by atoms with van der Waals surface area (Å²) in [6, 6.07) is 5.62. The van der Waals surface area contributed by atoms with Crippen molar-refractivity contribution in [2.45, 2.75) is 37.1 Å². The minimum absolute atomic E-state index is 0.260. The first kappa shape index (κ1) is 15.9. The summed E-state index contributed by atoms with van der Waals surface area (Å²) < 4.78 is 27.6. The Labute approximate surface area is 129 Å². The Kier molecular flexibility index (Phi) is 5.23. The molecule has 0 bridgehead atoms. The highest BCUT2D eigenvalue weighted by molar-refractivity contribution is 9.10. The van der Waals surface area contributed by atoms with Crippen molar-refractivity contribution in [2.75, 3.05) is 20.1 Å². The zero-order chi connectivity index (χ0) is 14.8. The Morgan fingerprint density at radius 2 is 2.15 bits per heavy atom. The molecule has 1 N–H and O–H groups in total. The van der Waals surface area contributed by atoms with Gasteiger partial charge in [-0.2, -0.15) is 4.31 Å². The minimum Gasteiger partial charge on any atom is -0.313 e. The quantitative estimate of drug-likeness (QED) is 0.897. The molecule has 1 atom stereocenters. The van der Waals surface area contributed by atoms with Crippen molar-refractivity contribution in [3.8, 4) is 0 Å². The fourth-order valence-corrected chi connectivity index (χ4v) is 4.48. The van der Waals surface area contributed by atoms with Crippen LogP contribution < -0.4 is 5.32 Å². The molecular formula is C14H21BrN2O2S. The summed E-state index contributed by atoms with van der Waals surface area (Å²) in [5.41, 5.74) is 0.775. The average molecular weight is 361 g/mol. The fourth-order valence-electron chi connectivity index (χ4n) is 2.51. The Balaban J connectivity index is 2.18. The summed E-state index contributed by atoms with van der Waals surface area (Å²) in [4.78, 5) is 0.380. The van der Waals surface area contributed by atoms with Crippen molar-refractivity contribution in [1.29, 1.82) is 0 Å². The van der Waals surface area contributed by atoms with E-state index in [2.05, 4.69) is 21.2 Å². The molecule has 0 aliphatic carbocycles. The first-order valence-corrected chi connectivity index (χ1v) is 9.10. The van der Waals surface area contributed by atoms with Gasteiger partial charge in [-0.25, -0.2) is 8.42 Å². The van der Waals surface area contributed by atoms with E-state index in [-0.39, 0.29) is 6.04 Å². The number of nitrogens with zero attached hydrogens (tertiary/aromatic N) is 1. The van der Waals surface area contributed by atoms with E-state index in [4.69, 9.17) is 0 Å². The monoisotopic (exact) mass is 360 g/mol. The molecule has 1 saturated heterocycles. The van der Waals surface area contributed by atoms with Gasteiger partial charge in [0.15, 0.2) is 0 Å². The molecule has 20 heavy (non-hydrogen) atoms. The van der Waals surface area contributed by atoms with E-state index in [1.54, 1.807) is 13.1 Å². The summed E-state index contributed by atoms with van der Waals surface area (Å²) in [6.07, 6.45) is 3.39. The lowest BCUT2D eigenvalue weighted by Crippen LogP contribution is -2.44. The van der Waals surface area contributed by atoms with Crippen molar-refractivity contribution in [3.63, 3.8) is 0 Å². The van der Waals surface area contributed by atoms with Gasteiger partial charge in [0, 0.05) is 24.1 Å². The van der Waals surface area contributed by atoms with Crippen LogP contribution in [0, 0.1) is 6.92 Å². The van der Waals surface area contributed by atoms with Gasteiger partial charge in [0.25, 0.3) is 0 Å². The van der Waals surface area contributed by atoms with Crippen molar-refractivity contribution >= 4 is 26.0 Å². The van der Waals surface area contributed by atoms with Crippen molar-refractivity contribution in [3.05, 3.63) is 28.2 Å². The average Bonchev–Trinajstić information content (AvgIpc) is 2.42. The van der Waals surface area contributed by atoms with Crippen LogP contribution in [0.15, 0.2) is 27.6 Å². The Morgan fingerprint density at radius 1 is 1.40 bits per heavy atom. The SMILES string of the molecule is Cc1ccc(Br)cc1S(=O)(=O)N(C)CC1CCCCN1. The van der Waals surface area contributed by atoms with Gasteiger partial charge in [0.05, 0.1) is 4.90 Å². The molecule has 0 saturated carbocycles. The van der Waals surface area contributed by atoms with Gasteiger partial charge in [-0.05, 0) is 44.0 Å². The van der Waals surface area contributed by atoms with Crippen molar-refractivity contribution in [1.82, 2.24) is 9.62 Å². The molecule has 0 spiro atoms. The van der Waals surface area contributed by atoms with Crippen LogP contribution in [0.25, 0.3) is 0 Å². The molecule has 1 aromatic carbocycles. The van der Waals surface area contributed by atoms with E-state index in [0.717, 1.165) is 23.0 Å². The maximum absolute atomic E-state index is 12.7. The molecule has 6 heteroatoms. The number of likely N-dealkylation sites (N-methyl/N-ethyl adjacent to an activating group) is 1. The van der Waals surface area contributed by atoms with E-state index in [1.165, 1.54) is 17.1 Å². The number of sulfonamides is 1. The highest BCUT2D eigenvalue weighted by Crippen LogP contribution is 2.23. The summed E-state index contributed by atoms with van der Waals surface area (Å²) in [5.74, 6) is 0. The number of rotatable bonds is 4. The molecule has 1 fully saturated rings. The zero-order valence-electron chi connectivity index (χ0n) is 11.9. The number of piperidine rings is 1. The number of aryl methyl sites for hydroxylation is 1. The maximum atomic E-state index is 12.7. The summed E-state index contributed by atoms with van der Waals surface area (Å²) in [6.45, 7) is 3.33. The Hall–Kier alpha value is -0.430. The second-order valence-corrected chi connectivity index (χ2v) is 8.27. The fraction of sp³-hybridized carbons (Fsp3) is 0.571. The molecule has 1 heterocycles. The van der Waals surface area contributed by atoms with E-state index >= 15 is 0 Å². The van der Waals surface area contributed by atoms with E-state index in [1.807, 2.05) is 19.1 Å². The molecule has 0 aromatic heterocycles. The van der Waals surface area contributed by atoms with Crippen molar-refractivity contribution in [2.24, 2.45) is 0 Å². The van der Waals surface area contributed by atoms with Gasteiger partial charge >= 0.3 is 0 Å². The van der Waals surface area contributed by atoms with Gasteiger partial charge in [-0.3, -0.25) is 0 Å². The van der Waals surface area contributed by atoms with Crippen LogP contribution in [0.5, 0.6) is 0 Å². The number of nitrogens with one attached hydrogen (secondary N) is 1. The van der Waals surface area contributed by atoms with E-state index < -0.39 is 10.0 Å². The third-order valence-corrected chi connectivity index (χ3v) is 6.19. The molecular weight excluding hydrogens is 340 g/mol. The van der Waals surface area contributed by atoms with E-state index in [0.29, 0.717) is 11.4 Å².